The number of nitrogens with one attached hydrogen (secondary N) is 2. The molecule has 1 fully saturated rings. The molecule has 3 rings (SSSR count). The second kappa shape index (κ2) is 10.8. The van der Waals surface area contributed by atoms with E-state index in [0.717, 1.165) is 5.56 Å². The highest BCUT2D eigenvalue weighted by Gasteiger charge is 2.29. The number of carbonyl (C=O) groups excluding carboxylic acids is 4. The van der Waals surface area contributed by atoms with Gasteiger partial charge in [0, 0.05) is 30.2 Å². The molecule has 1 unspecified atom stereocenters. The second-order valence-corrected chi connectivity index (χ2v) is 8.36. The SMILES string of the molecule is COc1cc(OC)cc(C(=O)NC(C(=O)Nc2ccc(CN3C(=O)CCC3=O)cc2)C(C)C)c1. The van der Waals surface area contributed by atoms with Crippen molar-refractivity contribution in [2.45, 2.75) is 39.3 Å². The lowest BCUT2D eigenvalue weighted by atomic mass is 10.0. The van der Waals surface area contributed by atoms with Crippen molar-refractivity contribution in [1.82, 2.24) is 10.2 Å². The summed E-state index contributed by atoms with van der Waals surface area (Å²) in [6.07, 6.45) is 0.496. The topological polar surface area (TPSA) is 114 Å². The standard InChI is InChI=1S/C25H29N3O6/c1-15(2)23(27-24(31)17-11-19(33-3)13-20(12-17)34-4)25(32)26-18-7-5-16(6-8-18)14-28-21(29)9-10-22(28)30/h5-8,11-13,15,23H,9-10,14H2,1-4H3,(H,26,32)(H,27,31). The average molecular weight is 468 g/mol. The lowest BCUT2D eigenvalue weighted by molar-refractivity contribution is -0.139. The summed E-state index contributed by atoms with van der Waals surface area (Å²) in [4.78, 5) is 50.6. The largest absolute Gasteiger partial charge is 0.497 e. The van der Waals surface area contributed by atoms with Crippen LogP contribution >= 0.6 is 0 Å². The zero-order valence-corrected chi connectivity index (χ0v) is 19.7. The van der Waals surface area contributed by atoms with Gasteiger partial charge in [0.1, 0.15) is 17.5 Å². The molecule has 180 valence electrons. The number of likely N-dealkylation sites (tertiary alicyclic amines) is 1. The summed E-state index contributed by atoms with van der Waals surface area (Å²) in [6.45, 7) is 3.88. The quantitative estimate of drug-likeness (QED) is 0.548. The van der Waals surface area contributed by atoms with E-state index in [-0.39, 0.29) is 43.0 Å². The molecule has 1 atom stereocenters. The Morgan fingerprint density at radius 2 is 1.50 bits per heavy atom. The van der Waals surface area contributed by atoms with Crippen LogP contribution in [-0.4, -0.2) is 48.8 Å². The van der Waals surface area contributed by atoms with Crippen molar-refractivity contribution in [3.05, 3.63) is 53.6 Å². The Morgan fingerprint density at radius 1 is 0.941 bits per heavy atom. The van der Waals surface area contributed by atoms with Gasteiger partial charge in [-0.2, -0.15) is 0 Å². The predicted octanol–water partition coefficient (Wildman–Crippen LogP) is 2.75. The molecule has 0 bridgehead atoms. The lowest BCUT2D eigenvalue weighted by Crippen LogP contribution is -2.47. The van der Waals surface area contributed by atoms with E-state index in [2.05, 4.69) is 10.6 Å². The van der Waals surface area contributed by atoms with Crippen LogP contribution in [0.2, 0.25) is 0 Å². The molecule has 1 heterocycles. The summed E-state index contributed by atoms with van der Waals surface area (Å²) in [5.41, 5.74) is 1.63. The van der Waals surface area contributed by atoms with Gasteiger partial charge in [-0.1, -0.05) is 26.0 Å². The smallest absolute Gasteiger partial charge is 0.252 e. The molecule has 34 heavy (non-hydrogen) atoms. The molecule has 0 radical (unpaired) electrons. The Kier molecular flexibility index (Phi) is 7.88. The van der Waals surface area contributed by atoms with Gasteiger partial charge in [-0.15, -0.1) is 0 Å². The number of methoxy groups -OCH3 is 2. The van der Waals surface area contributed by atoms with Crippen molar-refractivity contribution < 1.29 is 28.7 Å². The van der Waals surface area contributed by atoms with Crippen LogP contribution in [-0.2, 0) is 20.9 Å². The van der Waals surface area contributed by atoms with E-state index in [1.165, 1.54) is 19.1 Å². The number of hydrogen-bond acceptors (Lipinski definition) is 6. The monoisotopic (exact) mass is 467 g/mol. The molecule has 4 amide bonds. The van der Waals surface area contributed by atoms with Crippen molar-refractivity contribution in [3.63, 3.8) is 0 Å². The number of rotatable bonds is 9. The number of ether oxygens (including phenoxy) is 2. The Bertz CT molecular complexity index is 1040. The van der Waals surface area contributed by atoms with E-state index in [1.54, 1.807) is 42.5 Å². The molecule has 0 aromatic heterocycles. The highest BCUT2D eigenvalue weighted by molar-refractivity contribution is 6.02. The maximum Gasteiger partial charge on any atom is 0.252 e. The Hall–Kier alpha value is -3.88. The van der Waals surface area contributed by atoms with E-state index in [1.807, 2.05) is 13.8 Å². The Morgan fingerprint density at radius 3 is 2.00 bits per heavy atom. The van der Waals surface area contributed by atoms with Gasteiger partial charge in [0.15, 0.2) is 0 Å². The summed E-state index contributed by atoms with van der Waals surface area (Å²) in [5.74, 6) is -0.391. The van der Waals surface area contributed by atoms with Crippen LogP contribution in [0.1, 0.15) is 42.6 Å². The minimum Gasteiger partial charge on any atom is -0.497 e. The maximum atomic E-state index is 12.9. The Balaban J connectivity index is 1.66. The maximum absolute atomic E-state index is 12.9. The third-order valence-electron chi connectivity index (χ3n) is 5.57. The van der Waals surface area contributed by atoms with Crippen LogP contribution < -0.4 is 20.1 Å². The first kappa shape index (κ1) is 24.8. The first-order valence-electron chi connectivity index (χ1n) is 11.0. The first-order chi connectivity index (χ1) is 16.2. The molecule has 1 saturated heterocycles. The van der Waals surface area contributed by atoms with Gasteiger partial charge < -0.3 is 20.1 Å². The highest BCUT2D eigenvalue weighted by Crippen LogP contribution is 2.23. The fourth-order valence-electron chi connectivity index (χ4n) is 3.59. The number of imide groups is 1. The molecular weight excluding hydrogens is 438 g/mol. The van der Waals surface area contributed by atoms with Crippen LogP contribution in [0.25, 0.3) is 0 Å². The van der Waals surface area contributed by atoms with E-state index < -0.39 is 11.9 Å². The minimum absolute atomic E-state index is 0.174. The van der Waals surface area contributed by atoms with Gasteiger partial charge >= 0.3 is 0 Å². The minimum atomic E-state index is -0.788. The highest BCUT2D eigenvalue weighted by atomic mass is 16.5. The molecule has 2 aromatic rings. The fourth-order valence-corrected chi connectivity index (χ4v) is 3.59. The summed E-state index contributed by atoms with van der Waals surface area (Å²) in [7, 11) is 2.99. The van der Waals surface area contributed by atoms with Crippen LogP contribution in [0.4, 0.5) is 5.69 Å². The fraction of sp³-hybridized carbons (Fsp3) is 0.360. The second-order valence-electron chi connectivity index (χ2n) is 8.36. The number of amides is 4. The summed E-state index contributed by atoms with van der Waals surface area (Å²) >= 11 is 0. The molecule has 9 nitrogen and oxygen atoms in total. The molecule has 0 spiro atoms. The van der Waals surface area contributed by atoms with Gasteiger partial charge in [0.05, 0.1) is 20.8 Å². The number of nitrogens with zero attached hydrogens (tertiary/aromatic N) is 1. The Labute approximate surface area is 198 Å². The molecule has 1 aliphatic rings. The van der Waals surface area contributed by atoms with Crippen molar-refractivity contribution in [3.8, 4) is 11.5 Å². The zero-order valence-electron chi connectivity index (χ0n) is 19.7. The van der Waals surface area contributed by atoms with Crippen molar-refractivity contribution in [2.75, 3.05) is 19.5 Å². The van der Waals surface area contributed by atoms with Gasteiger partial charge in [0.2, 0.25) is 17.7 Å². The molecule has 1 aliphatic heterocycles. The van der Waals surface area contributed by atoms with Crippen LogP contribution in [0, 0.1) is 5.92 Å². The number of anilines is 1. The van der Waals surface area contributed by atoms with Gasteiger partial charge in [-0.25, -0.2) is 0 Å². The third kappa shape index (κ3) is 5.92. The van der Waals surface area contributed by atoms with Crippen molar-refractivity contribution >= 4 is 29.3 Å². The van der Waals surface area contributed by atoms with Gasteiger partial charge in [0.25, 0.3) is 5.91 Å². The number of benzene rings is 2. The third-order valence-corrected chi connectivity index (χ3v) is 5.57. The molecule has 0 saturated carbocycles. The molecule has 9 heteroatoms. The average Bonchev–Trinajstić information content (AvgIpc) is 3.14. The number of carbonyl (C=O) groups is 4. The molecule has 0 aliphatic carbocycles. The summed E-state index contributed by atoms with van der Waals surface area (Å²) < 4.78 is 10.4. The van der Waals surface area contributed by atoms with Crippen LogP contribution in [0.3, 0.4) is 0 Å². The van der Waals surface area contributed by atoms with E-state index >= 15 is 0 Å². The molecule has 2 aromatic carbocycles. The summed E-state index contributed by atoms with van der Waals surface area (Å²) in [6, 6.07) is 10.9. The van der Waals surface area contributed by atoms with E-state index in [4.69, 9.17) is 9.47 Å². The van der Waals surface area contributed by atoms with Gasteiger partial charge in [-0.3, -0.25) is 24.1 Å². The van der Waals surface area contributed by atoms with Crippen molar-refractivity contribution in [2.24, 2.45) is 5.92 Å². The van der Waals surface area contributed by atoms with Crippen LogP contribution in [0.15, 0.2) is 42.5 Å². The number of hydrogen-bond donors (Lipinski definition) is 2. The van der Waals surface area contributed by atoms with Gasteiger partial charge in [-0.05, 0) is 35.7 Å². The first-order valence-corrected chi connectivity index (χ1v) is 11.0. The predicted molar refractivity (Wildman–Crippen MR) is 126 cm³/mol. The summed E-state index contributed by atoms with van der Waals surface area (Å²) in [5, 5.41) is 5.59. The lowest BCUT2D eigenvalue weighted by Gasteiger charge is -2.22. The van der Waals surface area contributed by atoms with E-state index in [9.17, 15) is 19.2 Å². The molecule has 2 N–H and O–H groups in total. The van der Waals surface area contributed by atoms with Crippen molar-refractivity contribution in [1.29, 1.82) is 0 Å². The normalized spacial score (nSPS) is 14.2. The zero-order chi connectivity index (χ0) is 24.8. The van der Waals surface area contributed by atoms with E-state index in [0.29, 0.717) is 22.7 Å². The molecular formula is C25H29N3O6. The van der Waals surface area contributed by atoms with Crippen LogP contribution in [0.5, 0.6) is 11.5 Å².